The van der Waals surface area contributed by atoms with Crippen LogP contribution in [0.25, 0.3) is 22.4 Å². The summed E-state index contributed by atoms with van der Waals surface area (Å²) in [5, 5.41) is 13.5. The van der Waals surface area contributed by atoms with E-state index in [1.54, 1.807) is 6.07 Å². The van der Waals surface area contributed by atoms with E-state index in [0.29, 0.717) is 23.5 Å². The van der Waals surface area contributed by atoms with Crippen LogP contribution in [0.4, 0.5) is 5.82 Å². The Morgan fingerprint density at radius 1 is 0.806 bits per heavy atom. The lowest BCUT2D eigenvalue weighted by atomic mass is 9.98. The zero-order valence-electron chi connectivity index (χ0n) is 20.0. The Bertz CT molecular complexity index is 1550. The molecule has 1 heterocycles. The van der Waals surface area contributed by atoms with Crippen LogP contribution < -0.4 is 5.32 Å². The summed E-state index contributed by atoms with van der Waals surface area (Å²) in [6, 6.07) is 39.9. The van der Waals surface area contributed by atoms with Crippen LogP contribution in [-0.2, 0) is 6.54 Å². The third-order valence-corrected chi connectivity index (χ3v) is 6.18. The minimum Gasteiger partial charge on any atom is -0.321 e. The Kier molecular flexibility index (Phi) is 6.46. The van der Waals surface area contributed by atoms with E-state index in [2.05, 4.69) is 28.1 Å². The predicted molar refractivity (Wildman–Crippen MR) is 145 cm³/mol. The van der Waals surface area contributed by atoms with Crippen molar-refractivity contribution in [1.29, 1.82) is 5.26 Å². The number of nitrogens with zero attached hydrogens (tertiary/aromatic N) is 2. The third-order valence-electron chi connectivity index (χ3n) is 6.18. The van der Waals surface area contributed by atoms with Crippen LogP contribution in [-0.4, -0.2) is 10.5 Å². The van der Waals surface area contributed by atoms with Crippen molar-refractivity contribution in [3.05, 3.63) is 138 Å². The minimum atomic E-state index is -0.249. The van der Waals surface area contributed by atoms with Crippen LogP contribution in [0.1, 0.15) is 27.0 Å². The van der Waals surface area contributed by atoms with Gasteiger partial charge in [0.05, 0.1) is 5.69 Å². The first-order chi connectivity index (χ1) is 17.7. The summed E-state index contributed by atoms with van der Waals surface area (Å²) in [6.07, 6.45) is 0. The molecular weight excluding hydrogens is 442 g/mol. The molecule has 0 saturated heterocycles. The minimum absolute atomic E-state index is 0.249. The Balaban J connectivity index is 1.77. The highest BCUT2D eigenvalue weighted by atomic mass is 16.1. The number of benzene rings is 4. The lowest BCUT2D eigenvalue weighted by Crippen LogP contribution is -2.17. The van der Waals surface area contributed by atoms with Gasteiger partial charge in [0, 0.05) is 17.7 Å². The first-order valence-electron chi connectivity index (χ1n) is 11.8. The molecule has 0 fully saturated rings. The van der Waals surface area contributed by atoms with Crippen LogP contribution in [0.5, 0.6) is 0 Å². The average Bonchev–Trinajstić information content (AvgIpc) is 3.22. The van der Waals surface area contributed by atoms with E-state index in [1.165, 1.54) is 0 Å². The van der Waals surface area contributed by atoms with Gasteiger partial charge in [-0.25, -0.2) is 0 Å². The number of hydrogen-bond donors (Lipinski definition) is 1. The first-order valence-corrected chi connectivity index (χ1v) is 11.8. The lowest BCUT2D eigenvalue weighted by molar-refractivity contribution is 0.102. The summed E-state index contributed by atoms with van der Waals surface area (Å²) in [4.78, 5) is 13.4. The van der Waals surface area contributed by atoms with Crippen molar-refractivity contribution < 1.29 is 4.79 Å². The molecule has 5 aromatic rings. The molecular formula is C32H25N3O. The van der Waals surface area contributed by atoms with Crippen molar-refractivity contribution in [2.75, 3.05) is 5.32 Å². The van der Waals surface area contributed by atoms with Crippen molar-refractivity contribution >= 4 is 11.7 Å². The second-order valence-corrected chi connectivity index (χ2v) is 8.69. The maximum atomic E-state index is 13.4. The number of amides is 1. The highest BCUT2D eigenvalue weighted by Crippen LogP contribution is 2.42. The molecule has 174 valence electrons. The molecule has 1 amide bonds. The topological polar surface area (TPSA) is 57.8 Å². The van der Waals surface area contributed by atoms with Gasteiger partial charge in [-0.3, -0.25) is 4.79 Å². The molecule has 4 nitrogen and oxygen atoms in total. The zero-order valence-corrected chi connectivity index (χ0v) is 20.0. The van der Waals surface area contributed by atoms with E-state index in [1.807, 2.05) is 104 Å². The largest absolute Gasteiger partial charge is 0.321 e. The maximum Gasteiger partial charge on any atom is 0.256 e. The number of aromatic nitrogens is 1. The number of nitrogens with one attached hydrogen (secondary N) is 1. The highest BCUT2D eigenvalue weighted by molar-refractivity contribution is 6.06. The molecule has 0 aliphatic rings. The molecule has 0 bridgehead atoms. The Hall–Kier alpha value is -4.88. The van der Waals surface area contributed by atoms with Crippen LogP contribution >= 0.6 is 0 Å². The Morgan fingerprint density at radius 3 is 2.03 bits per heavy atom. The van der Waals surface area contributed by atoms with Gasteiger partial charge in [0.2, 0.25) is 0 Å². The van der Waals surface area contributed by atoms with Gasteiger partial charge in [0.25, 0.3) is 5.91 Å². The third kappa shape index (κ3) is 4.55. The summed E-state index contributed by atoms with van der Waals surface area (Å²) < 4.78 is 2.05. The quantitative estimate of drug-likeness (QED) is 0.285. The fraction of sp³-hybridized carbons (Fsp3) is 0.0625. The van der Waals surface area contributed by atoms with Crippen LogP contribution in [0.3, 0.4) is 0 Å². The van der Waals surface area contributed by atoms with Crippen molar-refractivity contribution in [1.82, 2.24) is 4.57 Å². The number of hydrogen-bond acceptors (Lipinski definition) is 2. The molecule has 4 aromatic carbocycles. The molecule has 0 atom stereocenters. The van der Waals surface area contributed by atoms with Crippen LogP contribution in [0.15, 0.2) is 115 Å². The second kappa shape index (κ2) is 10.2. The maximum absolute atomic E-state index is 13.4. The molecule has 0 radical (unpaired) electrons. The number of rotatable bonds is 6. The van der Waals surface area contributed by atoms with E-state index >= 15 is 0 Å². The summed E-state index contributed by atoms with van der Waals surface area (Å²) in [5.41, 5.74) is 6.65. The standard InChI is InChI=1S/C32H25N3O/c1-23-12-11-19-27(20-23)32(36)34-31-28(21-33)29(25-15-7-3-8-16-25)30(26-17-9-4-10-18-26)35(31)22-24-13-5-2-6-14-24/h2-20H,22H2,1H3,(H,34,36). The van der Waals surface area contributed by atoms with Crippen molar-refractivity contribution in [2.24, 2.45) is 0 Å². The number of carbonyl (C=O) groups excluding carboxylic acids is 1. The average molecular weight is 468 g/mol. The lowest BCUT2D eigenvalue weighted by Gasteiger charge is -2.16. The van der Waals surface area contributed by atoms with E-state index in [9.17, 15) is 10.1 Å². The van der Waals surface area contributed by atoms with Crippen LogP contribution in [0.2, 0.25) is 0 Å². The molecule has 0 aliphatic carbocycles. The molecule has 0 saturated carbocycles. The van der Waals surface area contributed by atoms with Gasteiger partial charge >= 0.3 is 0 Å². The van der Waals surface area contributed by atoms with Gasteiger partial charge < -0.3 is 9.88 Å². The highest BCUT2D eigenvalue weighted by Gasteiger charge is 2.26. The number of carbonyl (C=O) groups is 1. The van der Waals surface area contributed by atoms with Gasteiger partial charge in [-0.2, -0.15) is 5.26 Å². The summed E-state index contributed by atoms with van der Waals surface area (Å²) in [7, 11) is 0. The van der Waals surface area contributed by atoms with Gasteiger partial charge in [0.1, 0.15) is 17.5 Å². The molecule has 1 N–H and O–H groups in total. The smallest absolute Gasteiger partial charge is 0.256 e. The SMILES string of the molecule is Cc1cccc(C(=O)Nc2c(C#N)c(-c3ccccc3)c(-c3ccccc3)n2Cc2ccccc2)c1. The predicted octanol–water partition coefficient (Wildman–Crippen LogP) is 7.30. The number of aryl methyl sites for hydroxylation is 1. The first kappa shape index (κ1) is 22.9. The molecule has 0 spiro atoms. The van der Waals surface area contributed by atoms with Gasteiger partial charge in [-0.1, -0.05) is 109 Å². The van der Waals surface area contributed by atoms with Gasteiger partial charge in [-0.15, -0.1) is 0 Å². The fourth-order valence-electron chi connectivity index (χ4n) is 4.53. The second-order valence-electron chi connectivity index (χ2n) is 8.69. The van der Waals surface area contributed by atoms with Gasteiger partial charge in [-0.05, 0) is 35.7 Å². The normalized spacial score (nSPS) is 10.6. The molecule has 5 rings (SSSR count). The molecule has 36 heavy (non-hydrogen) atoms. The number of nitriles is 1. The van der Waals surface area contributed by atoms with E-state index in [-0.39, 0.29) is 5.91 Å². The summed E-state index contributed by atoms with van der Waals surface area (Å²) in [6.45, 7) is 2.45. The van der Waals surface area contributed by atoms with Crippen molar-refractivity contribution in [3.63, 3.8) is 0 Å². The van der Waals surface area contributed by atoms with E-state index in [4.69, 9.17) is 0 Å². The zero-order chi connectivity index (χ0) is 24.9. The fourth-order valence-corrected chi connectivity index (χ4v) is 4.53. The molecule has 0 unspecified atom stereocenters. The summed E-state index contributed by atoms with van der Waals surface area (Å²) in [5.74, 6) is 0.242. The van der Waals surface area contributed by atoms with Crippen LogP contribution in [0, 0.1) is 18.3 Å². The Morgan fingerprint density at radius 2 is 1.42 bits per heavy atom. The van der Waals surface area contributed by atoms with E-state index < -0.39 is 0 Å². The van der Waals surface area contributed by atoms with E-state index in [0.717, 1.165) is 33.5 Å². The Labute approximate surface area is 211 Å². The number of anilines is 1. The van der Waals surface area contributed by atoms with Crippen molar-refractivity contribution in [3.8, 4) is 28.5 Å². The van der Waals surface area contributed by atoms with Gasteiger partial charge in [0.15, 0.2) is 0 Å². The molecule has 1 aromatic heterocycles. The monoisotopic (exact) mass is 467 g/mol. The van der Waals surface area contributed by atoms with Crippen molar-refractivity contribution in [2.45, 2.75) is 13.5 Å². The molecule has 4 heteroatoms. The molecule has 0 aliphatic heterocycles. The summed E-state index contributed by atoms with van der Waals surface area (Å²) >= 11 is 0.